The first kappa shape index (κ1) is 22.2. The van der Waals surface area contributed by atoms with E-state index in [1.165, 1.54) is 6.21 Å². The van der Waals surface area contributed by atoms with Gasteiger partial charge in [-0.2, -0.15) is 5.10 Å². The van der Waals surface area contributed by atoms with Crippen LogP contribution in [0.15, 0.2) is 76.3 Å². The number of hydrogen-bond acceptors (Lipinski definition) is 5. The third-order valence-corrected chi connectivity index (χ3v) is 4.95. The predicted octanol–water partition coefficient (Wildman–Crippen LogP) is 5.14. The highest BCUT2D eigenvalue weighted by Gasteiger charge is 2.13. The molecule has 0 saturated heterocycles. The molecule has 0 heterocycles. The molecule has 0 bridgehead atoms. The number of aryl methyl sites for hydroxylation is 1. The Labute approximate surface area is 189 Å². The fourth-order valence-electron chi connectivity index (χ4n) is 2.68. The second-order valence-electron chi connectivity index (χ2n) is 6.57. The van der Waals surface area contributed by atoms with Crippen molar-refractivity contribution in [2.75, 3.05) is 6.61 Å². The lowest BCUT2D eigenvalue weighted by molar-refractivity contribution is 0.0728. The van der Waals surface area contributed by atoms with Crippen molar-refractivity contribution < 1.29 is 19.1 Å². The van der Waals surface area contributed by atoms with Gasteiger partial charge >= 0.3 is 5.97 Å². The van der Waals surface area contributed by atoms with Crippen LogP contribution in [0.1, 0.15) is 38.8 Å². The van der Waals surface area contributed by atoms with Gasteiger partial charge in [-0.05, 0) is 77.8 Å². The van der Waals surface area contributed by atoms with Crippen LogP contribution in [0.4, 0.5) is 0 Å². The van der Waals surface area contributed by atoms with E-state index in [2.05, 4.69) is 26.5 Å². The largest absolute Gasteiger partial charge is 0.490 e. The van der Waals surface area contributed by atoms with Crippen molar-refractivity contribution in [2.24, 2.45) is 5.10 Å². The van der Waals surface area contributed by atoms with E-state index in [4.69, 9.17) is 9.47 Å². The van der Waals surface area contributed by atoms with Gasteiger partial charge in [-0.3, -0.25) is 4.79 Å². The monoisotopic (exact) mass is 480 g/mol. The van der Waals surface area contributed by atoms with Crippen molar-refractivity contribution in [2.45, 2.75) is 13.8 Å². The molecule has 0 fully saturated rings. The van der Waals surface area contributed by atoms with Crippen molar-refractivity contribution in [3.8, 4) is 11.5 Å². The van der Waals surface area contributed by atoms with E-state index in [1.807, 2.05) is 32.0 Å². The molecule has 158 valence electrons. The van der Waals surface area contributed by atoms with Crippen LogP contribution in [-0.4, -0.2) is 24.7 Å². The lowest BCUT2D eigenvalue weighted by Gasteiger charge is -2.11. The molecule has 1 amide bonds. The average molecular weight is 481 g/mol. The summed E-state index contributed by atoms with van der Waals surface area (Å²) in [6, 6.07) is 19.2. The number of amides is 1. The molecular formula is C24H21BrN2O4. The molecule has 1 N–H and O–H groups in total. The van der Waals surface area contributed by atoms with Crippen LogP contribution in [0, 0.1) is 6.92 Å². The van der Waals surface area contributed by atoms with Crippen molar-refractivity contribution in [1.82, 2.24) is 5.43 Å². The first-order valence-corrected chi connectivity index (χ1v) is 10.4. The SMILES string of the molecule is CCOc1cc(/C=N/NC(=O)c2ccccc2Br)ccc1OC(=O)c1ccc(C)cc1. The normalized spacial score (nSPS) is 10.7. The second kappa shape index (κ2) is 10.5. The lowest BCUT2D eigenvalue weighted by atomic mass is 10.1. The molecule has 7 heteroatoms. The molecule has 3 rings (SSSR count). The van der Waals surface area contributed by atoms with E-state index in [0.29, 0.717) is 39.3 Å². The van der Waals surface area contributed by atoms with E-state index in [9.17, 15) is 9.59 Å². The minimum Gasteiger partial charge on any atom is -0.490 e. The number of hydrogen-bond donors (Lipinski definition) is 1. The highest BCUT2D eigenvalue weighted by Crippen LogP contribution is 2.29. The Balaban J connectivity index is 1.71. The summed E-state index contributed by atoms with van der Waals surface area (Å²) >= 11 is 3.34. The number of hydrazone groups is 1. The third kappa shape index (κ3) is 6.02. The van der Waals surface area contributed by atoms with Gasteiger partial charge in [0, 0.05) is 4.47 Å². The van der Waals surface area contributed by atoms with Crippen LogP contribution in [0.25, 0.3) is 0 Å². The summed E-state index contributed by atoms with van der Waals surface area (Å²) in [4.78, 5) is 24.6. The summed E-state index contributed by atoms with van der Waals surface area (Å²) in [7, 11) is 0. The molecule has 0 aliphatic rings. The molecule has 0 aliphatic heterocycles. The molecule has 31 heavy (non-hydrogen) atoms. The molecule has 0 unspecified atom stereocenters. The maximum absolute atomic E-state index is 12.4. The smallest absolute Gasteiger partial charge is 0.343 e. The zero-order valence-electron chi connectivity index (χ0n) is 17.1. The maximum atomic E-state index is 12.4. The summed E-state index contributed by atoms with van der Waals surface area (Å²) in [6.07, 6.45) is 1.49. The number of nitrogens with one attached hydrogen (secondary N) is 1. The van der Waals surface area contributed by atoms with Crippen LogP contribution < -0.4 is 14.9 Å². The second-order valence-corrected chi connectivity index (χ2v) is 7.43. The van der Waals surface area contributed by atoms with Gasteiger partial charge in [-0.1, -0.05) is 29.8 Å². The van der Waals surface area contributed by atoms with Gasteiger partial charge in [0.25, 0.3) is 5.91 Å². The zero-order chi connectivity index (χ0) is 22.2. The first-order chi connectivity index (χ1) is 15.0. The number of nitrogens with zero attached hydrogens (tertiary/aromatic N) is 1. The third-order valence-electron chi connectivity index (χ3n) is 4.26. The van der Waals surface area contributed by atoms with Gasteiger partial charge in [0.05, 0.1) is 23.9 Å². The molecule has 0 saturated carbocycles. The fourth-order valence-corrected chi connectivity index (χ4v) is 3.14. The number of rotatable bonds is 7. The van der Waals surface area contributed by atoms with Gasteiger partial charge < -0.3 is 9.47 Å². The minimum absolute atomic E-state index is 0.307. The molecule has 0 atom stereocenters. The molecule has 6 nitrogen and oxygen atoms in total. The van der Waals surface area contributed by atoms with Crippen LogP contribution >= 0.6 is 15.9 Å². The highest BCUT2D eigenvalue weighted by molar-refractivity contribution is 9.10. The Morgan fingerprint density at radius 2 is 1.77 bits per heavy atom. The van der Waals surface area contributed by atoms with Crippen molar-refractivity contribution >= 4 is 34.0 Å². The predicted molar refractivity (Wildman–Crippen MR) is 123 cm³/mol. The van der Waals surface area contributed by atoms with Gasteiger partial charge in [-0.15, -0.1) is 0 Å². The van der Waals surface area contributed by atoms with Gasteiger partial charge in [-0.25, -0.2) is 10.2 Å². The average Bonchev–Trinajstić information content (AvgIpc) is 2.76. The standard InChI is InChI=1S/C24H21BrN2O4/c1-3-30-22-14-17(15-26-27-23(28)19-6-4-5-7-20(19)25)10-13-21(22)31-24(29)18-11-8-16(2)9-12-18/h4-15H,3H2,1-2H3,(H,27,28)/b26-15+. The topological polar surface area (TPSA) is 77.0 Å². The molecule has 3 aromatic carbocycles. The molecule has 0 spiro atoms. The van der Waals surface area contributed by atoms with Crippen molar-refractivity contribution in [3.63, 3.8) is 0 Å². The number of carbonyl (C=O) groups excluding carboxylic acids is 2. The number of halogens is 1. The Bertz CT molecular complexity index is 1110. The zero-order valence-corrected chi connectivity index (χ0v) is 18.7. The first-order valence-electron chi connectivity index (χ1n) is 9.61. The Hall–Kier alpha value is -3.45. The van der Waals surface area contributed by atoms with E-state index in [0.717, 1.165) is 5.56 Å². The van der Waals surface area contributed by atoms with Crippen LogP contribution in [0.2, 0.25) is 0 Å². The van der Waals surface area contributed by atoms with Crippen molar-refractivity contribution in [1.29, 1.82) is 0 Å². The van der Waals surface area contributed by atoms with Crippen LogP contribution in [0.5, 0.6) is 11.5 Å². The number of esters is 1. The van der Waals surface area contributed by atoms with Gasteiger partial charge in [0.1, 0.15) is 0 Å². The molecule has 0 radical (unpaired) electrons. The Kier molecular flexibility index (Phi) is 7.56. The van der Waals surface area contributed by atoms with Gasteiger partial charge in [0.2, 0.25) is 0 Å². The fraction of sp³-hybridized carbons (Fsp3) is 0.125. The molecule has 0 aliphatic carbocycles. The minimum atomic E-state index is -0.469. The number of carbonyl (C=O) groups is 2. The summed E-state index contributed by atoms with van der Waals surface area (Å²) in [6.45, 7) is 4.18. The van der Waals surface area contributed by atoms with E-state index in [1.54, 1.807) is 48.5 Å². The van der Waals surface area contributed by atoms with E-state index >= 15 is 0 Å². The van der Waals surface area contributed by atoms with E-state index in [-0.39, 0.29) is 5.91 Å². The molecule has 3 aromatic rings. The van der Waals surface area contributed by atoms with Crippen LogP contribution in [-0.2, 0) is 0 Å². The number of benzene rings is 3. The molecule has 0 aromatic heterocycles. The highest BCUT2D eigenvalue weighted by atomic mass is 79.9. The van der Waals surface area contributed by atoms with E-state index < -0.39 is 5.97 Å². The Morgan fingerprint density at radius 1 is 1.03 bits per heavy atom. The maximum Gasteiger partial charge on any atom is 0.343 e. The number of ether oxygens (including phenoxy) is 2. The Morgan fingerprint density at radius 3 is 2.48 bits per heavy atom. The van der Waals surface area contributed by atoms with Gasteiger partial charge in [0.15, 0.2) is 11.5 Å². The lowest BCUT2D eigenvalue weighted by Crippen LogP contribution is -2.18. The summed E-state index contributed by atoms with van der Waals surface area (Å²) in [5.41, 5.74) is 5.15. The quantitative estimate of drug-likeness (QED) is 0.220. The summed E-state index contributed by atoms with van der Waals surface area (Å²) in [5, 5.41) is 4.00. The summed E-state index contributed by atoms with van der Waals surface area (Å²) in [5.74, 6) is -0.0913. The van der Waals surface area contributed by atoms with Crippen LogP contribution in [0.3, 0.4) is 0 Å². The molecular weight excluding hydrogens is 460 g/mol. The van der Waals surface area contributed by atoms with Crippen molar-refractivity contribution in [3.05, 3.63) is 93.5 Å². The summed E-state index contributed by atoms with van der Waals surface area (Å²) < 4.78 is 11.8.